The second-order valence-corrected chi connectivity index (χ2v) is 24.0. The fourth-order valence-electron chi connectivity index (χ4n) is 12.7. The van der Waals surface area contributed by atoms with Crippen LogP contribution in [0.2, 0.25) is 0 Å². The van der Waals surface area contributed by atoms with Crippen molar-refractivity contribution in [3.63, 3.8) is 0 Å². The van der Waals surface area contributed by atoms with Crippen LogP contribution in [-0.2, 0) is 5.41 Å². The lowest BCUT2D eigenvalue weighted by Gasteiger charge is -2.27. The fraction of sp³-hybridized carbons (Fsp3) is 0.0380. The van der Waals surface area contributed by atoms with Gasteiger partial charge in [-0.2, -0.15) is 0 Å². The number of nitrogens with zero attached hydrogens (tertiary/aromatic N) is 2. The summed E-state index contributed by atoms with van der Waals surface area (Å²) in [5.41, 5.74) is 21.5. The highest BCUT2D eigenvalue weighted by Gasteiger charge is 2.46. The van der Waals surface area contributed by atoms with Crippen molar-refractivity contribution in [3.05, 3.63) is 314 Å². The normalized spacial score (nSPS) is 12.3. The van der Waals surface area contributed by atoms with E-state index in [9.17, 15) is 0 Å². The van der Waals surface area contributed by atoms with Gasteiger partial charge in [-0.05, 0) is 127 Å². The molecule has 4 heteroatoms. The van der Waals surface area contributed by atoms with E-state index >= 15 is 0 Å². The number of hydrogen-bond donors (Lipinski definition) is 0. The van der Waals surface area contributed by atoms with Gasteiger partial charge >= 0.3 is 0 Å². The Kier molecular flexibility index (Phi) is 12.6. The number of anilines is 6. The minimum atomic E-state index is -0.339. The SMILES string of the molecule is CC1(C)c2c(-c3ccccc3)sc(-c3ccccc3)c2-c2c(-c3ccc(N(c4ccc(-c5ccccc5)cc4)c4cccc5ccccc45)cc3)sc(-c3ccc(N(c4ccc(-c5ccccc5)cc4)c4cccc5ccccc45)cc3)c21. The lowest BCUT2D eigenvalue weighted by Crippen LogP contribution is -2.16. The smallest absolute Gasteiger partial charge is 0.0540 e. The van der Waals surface area contributed by atoms with E-state index in [1.165, 1.54) is 108 Å². The molecule has 12 aromatic carbocycles. The Hall–Kier alpha value is -9.84. The van der Waals surface area contributed by atoms with Crippen LogP contribution < -0.4 is 9.80 Å². The van der Waals surface area contributed by atoms with Gasteiger partial charge in [0.05, 0.1) is 11.4 Å². The summed E-state index contributed by atoms with van der Waals surface area (Å²) < 4.78 is 0. The summed E-state index contributed by atoms with van der Waals surface area (Å²) in [4.78, 5) is 10.1. The molecule has 0 saturated carbocycles. The molecule has 1 aliphatic rings. The lowest BCUT2D eigenvalue weighted by molar-refractivity contribution is 0.668. The minimum absolute atomic E-state index is 0.339. The maximum atomic E-state index is 2.47. The third-order valence-electron chi connectivity index (χ3n) is 16.6. The van der Waals surface area contributed by atoms with Crippen molar-refractivity contribution < 1.29 is 0 Å². The van der Waals surface area contributed by atoms with Gasteiger partial charge < -0.3 is 9.80 Å². The first-order valence-corrected chi connectivity index (χ1v) is 30.1. The van der Waals surface area contributed by atoms with E-state index in [1.54, 1.807) is 0 Å². The minimum Gasteiger partial charge on any atom is -0.310 e. The summed E-state index contributed by atoms with van der Waals surface area (Å²) in [5, 5.41) is 4.82. The maximum absolute atomic E-state index is 2.47. The molecular weight excluding hydrogens is 1040 g/mol. The molecule has 0 unspecified atom stereocenters. The lowest BCUT2D eigenvalue weighted by atomic mass is 9.80. The molecular formula is C79H56N2S2. The van der Waals surface area contributed by atoms with Crippen molar-refractivity contribution in [1.29, 1.82) is 0 Å². The number of benzene rings is 12. The van der Waals surface area contributed by atoms with Crippen molar-refractivity contribution in [2.24, 2.45) is 0 Å². The molecule has 0 amide bonds. The van der Waals surface area contributed by atoms with Crippen LogP contribution in [0.15, 0.2) is 303 Å². The van der Waals surface area contributed by atoms with Gasteiger partial charge in [0.2, 0.25) is 0 Å². The van der Waals surface area contributed by atoms with Gasteiger partial charge in [-0.25, -0.2) is 0 Å². The molecule has 0 fully saturated rings. The standard InChI is InChI=1S/C79H56N2S2/c1-79(2)73-71(75(59-27-11-5-12-28-59)82-77(73)60-29-13-6-14-30-60)72-74(79)78(62-43-51-66(52-44-62)81(70-36-20-32-58-26-16-18-34-68(58)70)64-47-39-56(40-48-64)54-23-9-4-10-24-54)83-76(72)61-41-49-65(50-42-61)80(69-35-19-31-57-25-15-17-33-67(57)69)63-45-37-55(38-46-63)53-21-7-3-8-22-53/h3-52H,1-2H3. The van der Waals surface area contributed by atoms with Gasteiger partial charge in [-0.3, -0.25) is 0 Å². The Morgan fingerprint density at radius 1 is 0.241 bits per heavy atom. The average molecular weight is 1100 g/mol. The van der Waals surface area contributed by atoms with E-state index < -0.39 is 0 Å². The predicted octanol–water partition coefficient (Wildman–Crippen LogP) is 23.4. The molecule has 0 bridgehead atoms. The first kappa shape index (κ1) is 50.1. The molecule has 15 rings (SSSR count). The summed E-state index contributed by atoms with van der Waals surface area (Å²) >= 11 is 3.88. The van der Waals surface area contributed by atoms with E-state index in [0.717, 1.165) is 34.1 Å². The van der Waals surface area contributed by atoms with E-state index in [4.69, 9.17) is 0 Å². The molecule has 0 atom stereocenters. The predicted molar refractivity (Wildman–Crippen MR) is 357 cm³/mol. The highest BCUT2D eigenvalue weighted by molar-refractivity contribution is 7.21. The highest BCUT2D eigenvalue weighted by Crippen LogP contribution is 2.66. The summed E-state index contributed by atoms with van der Waals surface area (Å²) in [6.45, 7) is 4.94. The van der Waals surface area contributed by atoms with Crippen molar-refractivity contribution in [1.82, 2.24) is 0 Å². The van der Waals surface area contributed by atoms with Gasteiger partial charge in [0, 0.05) is 69.6 Å². The Morgan fingerprint density at radius 2 is 0.506 bits per heavy atom. The van der Waals surface area contributed by atoms with Crippen LogP contribution in [-0.4, -0.2) is 0 Å². The fourth-order valence-corrected chi connectivity index (χ4v) is 15.7. The van der Waals surface area contributed by atoms with Crippen LogP contribution in [0.3, 0.4) is 0 Å². The zero-order chi connectivity index (χ0) is 55.4. The molecule has 14 aromatic rings. The maximum Gasteiger partial charge on any atom is 0.0540 e. The van der Waals surface area contributed by atoms with Crippen LogP contribution in [0.4, 0.5) is 34.1 Å². The quantitative estimate of drug-likeness (QED) is 0.120. The third-order valence-corrected chi connectivity index (χ3v) is 19.2. The van der Waals surface area contributed by atoms with Gasteiger partial charge in [0.25, 0.3) is 0 Å². The number of thiophene rings is 2. The second kappa shape index (κ2) is 20.9. The molecule has 0 N–H and O–H groups in total. The van der Waals surface area contributed by atoms with Crippen LogP contribution in [0.5, 0.6) is 0 Å². The van der Waals surface area contributed by atoms with Crippen molar-refractivity contribution in [2.45, 2.75) is 19.3 Å². The van der Waals surface area contributed by atoms with Gasteiger partial charge in [0.1, 0.15) is 0 Å². The first-order valence-electron chi connectivity index (χ1n) is 28.5. The molecule has 0 spiro atoms. The van der Waals surface area contributed by atoms with Gasteiger partial charge in [0.15, 0.2) is 0 Å². The first-order chi connectivity index (χ1) is 40.9. The van der Waals surface area contributed by atoms with Crippen molar-refractivity contribution in [2.75, 3.05) is 9.80 Å². The summed E-state index contributed by atoms with van der Waals surface area (Å²) in [6.07, 6.45) is 0. The van der Waals surface area contributed by atoms with Crippen molar-refractivity contribution >= 4 is 78.3 Å². The van der Waals surface area contributed by atoms with Crippen molar-refractivity contribution in [3.8, 4) is 75.1 Å². The van der Waals surface area contributed by atoms with Crippen LogP contribution in [0.25, 0.3) is 96.7 Å². The summed E-state index contributed by atoms with van der Waals surface area (Å²) in [7, 11) is 0. The highest BCUT2D eigenvalue weighted by atomic mass is 32.1. The van der Waals surface area contributed by atoms with E-state index in [0.29, 0.717) is 0 Å². The molecule has 83 heavy (non-hydrogen) atoms. The average Bonchev–Trinajstić information content (AvgIpc) is 2.65. The zero-order valence-corrected chi connectivity index (χ0v) is 47.7. The van der Waals surface area contributed by atoms with Crippen LogP contribution in [0, 0.1) is 0 Å². The largest absolute Gasteiger partial charge is 0.310 e. The monoisotopic (exact) mass is 1100 g/mol. The van der Waals surface area contributed by atoms with E-state index in [2.05, 4.69) is 327 Å². The molecule has 0 aliphatic heterocycles. The number of hydrogen-bond acceptors (Lipinski definition) is 4. The van der Waals surface area contributed by atoms with Crippen LogP contribution >= 0.6 is 22.7 Å². The molecule has 2 heterocycles. The number of rotatable bonds is 12. The topological polar surface area (TPSA) is 6.48 Å². The van der Waals surface area contributed by atoms with Crippen LogP contribution in [0.1, 0.15) is 25.0 Å². The Balaban J connectivity index is 0.901. The van der Waals surface area contributed by atoms with E-state index in [1.807, 2.05) is 22.7 Å². The Labute approximate surface area is 493 Å². The molecule has 0 saturated heterocycles. The van der Waals surface area contributed by atoms with Gasteiger partial charge in [-0.15, -0.1) is 22.7 Å². The molecule has 1 aliphatic carbocycles. The molecule has 0 radical (unpaired) electrons. The Morgan fingerprint density at radius 3 is 0.880 bits per heavy atom. The summed E-state index contributed by atoms with van der Waals surface area (Å²) in [6, 6.07) is 111. The molecule has 2 aromatic heterocycles. The summed E-state index contributed by atoms with van der Waals surface area (Å²) in [5.74, 6) is 0. The number of fused-ring (bicyclic) bond motifs is 5. The zero-order valence-electron chi connectivity index (χ0n) is 46.1. The molecule has 2 nitrogen and oxygen atoms in total. The van der Waals surface area contributed by atoms with E-state index in [-0.39, 0.29) is 5.41 Å². The Bertz CT molecular complexity index is 4630. The third kappa shape index (κ3) is 8.87. The van der Waals surface area contributed by atoms with Gasteiger partial charge in [-0.1, -0.05) is 257 Å². The second-order valence-electron chi connectivity index (χ2n) is 22.0. The molecule has 394 valence electrons.